The van der Waals surface area contributed by atoms with Crippen LogP contribution in [0.3, 0.4) is 0 Å². The first-order chi connectivity index (χ1) is 10.2. The second-order valence-corrected chi connectivity index (χ2v) is 4.27. The van der Waals surface area contributed by atoms with E-state index in [0.29, 0.717) is 25.1 Å². The number of nitrogens with zero attached hydrogens (tertiary/aromatic N) is 4. The third-order valence-electron chi connectivity index (χ3n) is 2.83. The van der Waals surface area contributed by atoms with Crippen LogP contribution in [0.1, 0.15) is 22.6 Å². The third kappa shape index (κ3) is 3.79. The Morgan fingerprint density at radius 1 is 1.38 bits per heavy atom. The zero-order valence-electron chi connectivity index (χ0n) is 11.3. The van der Waals surface area contributed by atoms with Gasteiger partial charge in [0.25, 0.3) is 0 Å². The Bertz CT molecular complexity index is 646. The maximum absolute atomic E-state index is 11.1. The van der Waals surface area contributed by atoms with E-state index in [2.05, 4.69) is 10.3 Å². The lowest BCUT2D eigenvalue weighted by Crippen LogP contribution is -2.10. The molecule has 0 unspecified atom stereocenters. The number of nitriles is 1. The highest BCUT2D eigenvalue weighted by atomic mass is 16.5. The molecule has 1 aromatic heterocycles. The van der Waals surface area contributed by atoms with E-state index in [-0.39, 0.29) is 12.2 Å². The van der Waals surface area contributed by atoms with Crippen molar-refractivity contribution in [1.82, 2.24) is 15.0 Å². The van der Waals surface area contributed by atoms with Crippen LogP contribution in [-0.4, -0.2) is 32.7 Å². The standard InChI is InChI=1S/C14H14N4O3/c15-8-9-18-12(13(14(19)20)16-17-18)7-4-10-21-11-5-2-1-3-6-11/h1-3,5-6H,4,7,9-10H2,(H,19,20). The molecule has 108 valence electrons. The normalized spacial score (nSPS) is 10.0. The fourth-order valence-corrected chi connectivity index (χ4v) is 1.89. The van der Waals surface area contributed by atoms with E-state index in [1.54, 1.807) is 0 Å². The number of carbonyl (C=O) groups is 1. The molecule has 2 rings (SSSR count). The Morgan fingerprint density at radius 2 is 2.14 bits per heavy atom. The summed E-state index contributed by atoms with van der Waals surface area (Å²) in [5.74, 6) is -0.377. The molecule has 1 N–H and O–H groups in total. The summed E-state index contributed by atoms with van der Waals surface area (Å²) < 4.78 is 6.85. The molecule has 7 heteroatoms. The number of rotatable bonds is 7. The number of hydrogen-bond acceptors (Lipinski definition) is 5. The van der Waals surface area contributed by atoms with Gasteiger partial charge >= 0.3 is 5.97 Å². The molecule has 0 saturated carbocycles. The van der Waals surface area contributed by atoms with E-state index >= 15 is 0 Å². The summed E-state index contributed by atoms with van der Waals surface area (Å²) in [5.41, 5.74) is 0.339. The van der Waals surface area contributed by atoms with Crippen LogP contribution in [0.25, 0.3) is 0 Å². The highest BCUT2D eigenvalue weighted by Crippen LogP contribution is 2.11. The van der Waals surface area contributed by atoms with Gasteiger partial charge in [-0.25, -0.2) is 9.48 Å². The lowest BCUT2D eigenvalue weighted by Gasteiger charge is -2.06. The third-order valence-corrected chi connectivity index (χ3v) is 2.83. The molecule has 0 radical (unpaired) electrons. The quantitative estimate of drug-likeness (QED) is 0.774. The van der Waals surface area contributed by atoms with Gasteiger partial charge in [0.2, 0.25) is 0 Å². The molecule has 0 aliphatic carbocycles. The van der Waals surface area contributed by atoms with Crippen molar-refractivity contribution in [2.24, 2.45) is 0 Å². The molecular weight excluding hydrogens is 272 g/mol. The number of benzene rings is 1. The van der Waals surface area contributed by atoms with Gasteiger partial charge in [0, 0.05) is 0 Å². The topological polar surface area (TPSA) is 101 Å². The second kappa shape index (κ2) is 7.05. The number of carboxylic acids is 1. The molecule has 0 aliphatic heterocycles. The number of carboxylic acid groups (broad SMARTS) is 1. The van der Waals surface area contributed by atoms with E-state index in [9.17, 15) is 4.79 Å². The van der Waals surface area contributed by atoms with Crippen LogP contribution in [0.4, 0.5) is 0 Å². The molecule has 0 bridgehead atoms. The molecule has 0 aliphatic rings. The summed E-state index contributed by atoms with van der Waals surface area (Å²) in [6.45, 7) is 0.427. The molecule has 2 aromatic rings. The average Bonchev–Trinajstić information content (AvgIpc) is 2.88. The monoisotopic (exact) mass is 286 g/mol. The minimum absolute atomic E-state index is 0.0187. The minimum atomic E-state index is -1.14. The molecule has 0 saturated heterocycles. The largest absolute Gasteiger partial charge is 0.494 e. The Kier molecular flexibility index (Phi) is 4.88. The van der Waals surface area contributed by atoms with Gasteiger partial charge in [-0.15, -0.1) is 5.10 Å². The van der Waals surface area contributed by atoms with Gasteiger partial charge in [-0.05, 0) is 25.0 Å². The Labute approximate surface area is 121 Å². The smallest absolute Gasteiger partial charge is 0.358 e. The molecule has 21 heavy (non-hydrogen) atoms. The second-order valence-electron chi connectivity index (χ2n) is 4.27. The summed E-state index contributed by atoms with van der Waals surface area (Å²) in [7, 11) is 0. The van der Waals surface area contributed by atoms with Crippen LogP contribution in [0.5, 0.6) is 5.75 Å². The highest BCUT2D eigenvalue weighted by molar-refractivity contribution is 5.86. The summed E-state index contributed by atoms with van der Waals surface area (Å²) in [6, 6.07) is 11.3. The summed E-state index contributed by atoms with van der Waals surface area (Å²) in [6.07, 6.45) is 1.04. The van der Waals surface area contributed by atoms with Crippen molar-refractivity contribution in [1.29, 1.82) is 5.26 Å². The van der Waals surface area contributed by atoms with Crippen molar-refractivity contribution in [3.63, 3.8) is 0 Å². The SMILES string of the molecule is N#CCn1nnc(C(=O)O)c1CCCOc1ccccc1. The predicted molar refractivity (Wildman–Crippen MR) is 72.9 cm³/mol. The number of aromatic carboxylic acids is 1. The van der Waals surface area contributed by atoms with E-state index in [1.807, 2.05) is 36.4 Å². The zero-order chi connectivity index (χ0) is 15.1. The number of ether oxygens (including phenoxy) is 1. The van der Waals surface area contributed by atoms with E-state index in [4.69, 9.17) is 15.1 Å². The van der Waals surface area contributed by atoms with E-state index in [0.717, 1.165) is 5.75 Å². The zero-order valence-corrected chi connectivity index (χ0v) is 11.3. The number of aromatic nitrogens is 3. The number of hydrogen-bond donors (Lipinski definition) is 1. The Morgan fingerprint density at radius 3 is 2.81 bits per heavy atom. The van der Waals surface area contributed by atoms with Crippen molar-refractivity contribution in [2.75, 3.05) is 6.61 Å². The van der Waals surface area contributed by atoms with Crippen LogP contribution >= 0.6 is 0 Å². The fourth-order valence-electron chi connectivity index (χ4n) is 1.89. The Balaban J connectivity index is 1.94. The maximum atomic E-state index is 11.1. The van der Waals surface area contributed by atoms with Gasteiger partial charge in [0.15, 0.2) is 5.69 Å². The van der Waals surface area contributed by atoms with Gasteiger partial charge in [-0.3, -0.25) is 0 Å². The number of para-hydroxylation sites is 1. The van der Waals surface area contributed by atoms with Gasteiger partial charge < -0.3 is 9.84 Å². The van der Waals surface area contributed by atoms with E-state index in [1.165, 1.54) is 4.68 Å². The summed E-state index contributed by atoms with van der Waals surface area (Å²) in [4.78, 5) is 11.1. The lowest BCUT2D eigenvalue weighted by molar-refractivity contribution is 0.0689. The summed E-state index contributed by atoms with van der Waals surface area (Å²) in [5, 5.41) is 25.0. The molecule has 7 nitrogen and oxygen atoms in total. The van der Waals surface area contributed by atoms with Crippen LogP contribution < -0.4 is 4.74 Å². The van der Waals surface area contributed by atoms with Gasteiger partial charge in [-0.2, -0.15) is 5.26 Å². The van der Waals surface area contributed by atoms with Crippen molar-refractivity contribution < 1.29 is 14.6 Å². The van der Waals surface area contributed by atoms with Crippen LogP contribution in [0, 0.1) is 11.3 Å². The van der Waals surface area contributed by atoms with Gasteiger partial charge in [0.05, 0.1) is 18.4 Å². The van der Waals surface area contributed by atoms with E-state index < -0.39 is 5.97 Å². The van der Waals surface area contributed by atoms with Crippen molar-refractivity contribution in [2.45, 2.75) is 19.4 Å². The summed E-state index contributed by atoms with van der Waals surface area (Å²) >= 11 is 0. The van der Waals surface area contributed by atoms with Gasteiger partial charge in [0.1, 0.15) is 12.3 Å². The lowest BCUT2D eigenvalue weighted by atomic mass is 10.2. The molecule has 0 amide bonds. The maximum Gasteiger partial charge on any atom is 0.358 e. The van der Waals surface area contributed by atoms with Crippen LogP contribution in [0.15, 0.2) is 30.3 Å². The molecular formula is C14H14N4O3. The highest BCUT2D eigenvalue weighted by Gasteiger charge is 2.18. The van der Waals surface area contributed by atoms with Crippen molar-refractivity contribution >= 4 is 5.97 Å². The van der Waals surface area contributed by atoms with Crippen LogP contribution in [0.2, 0.25) is 0 Å². The molecule has 1 heterocycles. The molecule has 0 fully saturated rings. The van der Waals surface area contributed by atoms with Crippen molar-refractivity contribution in [3.05, 3.63) is 41.7 Å². The first-order valence-corrected chi connectivity index (χ1v) is 6.43. The minimum Gasteiger partial charge on any atom is -0.494 e. The average molecular weight is 286 g/mol. The Hall–Kier alpha value is -2.88. The predicted octanol–water partition coefficient (Wildman–Crippen LogP) is 1.51. The molecule has 0 spiro atoms. The first kappa shape index (κ1) is 14.5. The fraction of sp³-hybridized carbons (Fsp3) is 0.286. The first-order valence-electron chi connectivity index (χ1n) is 6.43. The van der Waals surface area contributed by atoms with Crippen molar-refractivity contribution in [3.8, 4) is 11.8 Å². The molecule has 0 atom stereocenters. The molecule has 1 aromatic carbocycles. The van der Waals surface area contributed by atoms with Crippen LogP contribution in [-0.2, 0) is 13.0 Å². The van der Waals surface area contributed by atoms with Gasteiger partial charge in [-0.1, -0.05) is 23.4 Å².